The first-order valence-corrected chi connectivity index (χ1v) is 9.75. The van der Waals surface area contributed by atoms with Crippen LogP contribution in [0.4, 0.5) is 9.39 Å². The molecule has 0 bridgehead atoms. The van der Waals surface area contributed by atoms with Crippen LogP contribution in [0.15, 0.2) is 54.6 Å². The van der Waals surface area contributed by atoms with Gasteiger partial charge in [0.2, 0.25) is 0 Å². The number of ether oxygens (including phenoxy) is 1. The predicted molar refractivity (Wildman–Crippen MR) is 112 cm³/mol. The van der Waals surface area contributed by atoms with Crippen LogP contribution < -0.4 is 10.1 Å². The van der Waals surface area contributed by atoms with Gasteiger partial charge in [-0.1, -0.05) is 24.3 Å². The van der Waals surface area contributed by atoms with Gasteiger partial charge in [0.1, 0.15) is 11.6 Å². The first-order valence-electron chi connectivity index (χ1n) is 8.93. The van der Waals surface area contributed by atoms with E-state index in [-0.39, 0.29) is 11.5 Å². The van der Waals surface area contributed by atoms with Gasteiger partial charge in [0, 0.05) is 24.7 Å². The fraction of sp³-hybridized carbons (Fsp3) is 0.182. The van der Waals surface area contributed by atoms with Crippen molar-refractivity contribution in [3.8, 4) is 5.75 Å². The maximum atomic E-state index is 13.3. The largest absolute Gasteiger partial charge is 0.496 e. The van der Waals surface area contributed by atoms with Crippen LogP contribution in [-0.2, 0) is 6.54 Å². The Bertz CT molecular complexity index is 1050. The number of nitrogens with zero attached hydrogens (tertiary/aromatic N) is 1. The Hall–Kier alpha value is -3.19. The topological polar surface area (TPSA) is 58.6 Å². The minimum atomic E-state index is -0.478. The zero-order valence-electron chi connectivity index (χ0n) is 16.4. The maximum absolute atomic E-state index is 13.3. The third-order valence-electron chi connectivity index (χ3n) is 4.38. The van der Waals surface area contributed by atoms with E-state index >= 15 is 0 Å². The fourth-order valence-corrected chi connectivity index (χ4v) is 3.97. The van der Waals surface area contributed by atoms with Crippen molar-refractivity contribution in [3.05, 3.63) is 82.0 Å². The molecular weight excluding hydrogens is 391 g/mol. The highest BCUT2D eigenvalue weighted by atomic mass is 32.1. The van der Waals surface area contributed by atoms with Crippen molar-refractivity contribution in [2.24, 2.45) is 0 Å². The van der Waals surface area contributed by atoms with E-state index in [0.717, 1.165) is 16.9 Å². The highest BCUT2D eigenvalue weighted by molar-refractivity contribution is 7.18. The second-order valence-corrected chi connectivity index (χ2v) is 7.61. The van der Waals surface area contributed by atoms with Crippen molar-refractivity contribution in [3.63, 3.8) is 0 Å². The molecule has 5 nitrogen and oxygen atoms in total. The summed E-state index contributed by atoms with van der Waals surface area (Å²) in [6.45, 7) is 2.21. The lowest BCUT2D eigenvalue weighted by atomic mass is 10.2. The van der Waals surface area contributed by atoms with E-state index < -0.39 is 11.7 Å². The SMILES string of the molecule is COc1ccccc1CN(C)C(=O)c1sc(NC(=O)c2cccc(F)c2)cc1C. The van der Waals surface area contributed by atoms with E-state index in [1.165, 1.54) is 35.6 Å². The normalized spacial score (nSPS) is 10.5. The van der Waals surface area contributed by atoms with E-state index in [4.69, 9.17) is 4.74 Å². The number of hydrogen-bond acceptors (Lipinski definition) is 4. The summed E-state index contributed by atoms with van der Waals surface area (Å²) >= 11 is 1.20. The van der Waals surface area contributed by atoms with E-state index in [9.17, 15) is 14.0 Å². The molecule has 0 fully saturated rings. The Labute approximate surface area is 172 Å². The summed E-state index contributed by atoms with van der Waals surface area (Å²) in [6.07, 6.45) is 0. The summed E-state index contributed by atoms with van der Waals surface area (Å²) in [5.41, 5.74) is 1.89. The Morgan fingerprint density at radius 3 is 2.62 bits per heavy atom. The molecule has 0 saturated heterocycles. The Morgan fingerprint density at radius 1 is 1.14 bits per heavy atom. The standard InChI is InChI=1S/C22H21FN2O3S/c1-14-11-19(24-21(26)15-8-6-9-17(23)12-15)29-20(14)22(27)25(2)13-16-7-4-5-10-18(16)28-3/h4-12H,13H2,1-3H3,(H,24,26). The molecule has 0 unspecified atom stereocenters. The van der Waals surface area contributed by atoms with Crippen molar-refractivity contribution in [2.75, 3.05) is 19.5 Å². The number of halogens is 1. The zero-order valence-corrected chi connectivity index (χ0v) is 17.2. The quantitative estimate of drug-likeness (QED) is 0.637. The monoisotopic (exact) mass is 412 g/mol. The molecule has 29 heavy (non-hydrogen) atoms. The van der Waals surface area contributed by atoms with Crippen LogP contribution in [0.1, 0.15) is 31.2 Å². The molecule has 2 amide bonds. The lowest BCUT2D eigenvalue weighted by Crippen LogP contribution is -2.26. The van der Waals surface area contributed by atoms with Crippen molar-refractivity contribution in [1.82, 2.24) is 4.90 Å². The van der Waals surface area contributed by atoms with Gasteiger partial charge in [0.25, 0.3) is 11.8 Å². The number of aryl methyl sites for hydroxylation is 1. The van der Waals surface area contributed by atoms with Crippen LogP contribution in [0, 0.1) is 12.7 Å². The molecule has 2 aromatic carbocycles. The molecule has 1 heterocycles. The molecule has 0 radical (unpaired) electrons. The Kier molecular flexibility index (Phi) is 6.29. The summed E-state index contributed by atoms with van der Waals surface area (Å²) in [7, 11) is 3.32. The van der Waals surface area contributed by atoms with Gasteiger partial charge in [-0.15, -0.1) is 11.3 Å². The average Bonchev–Trinajstić information content (AvgIpc) is 3.07. The van der Waals surface area contributed by atoms with Crippen LogP contribution >= 0.6 is 11.3 Å². The van der Waals surface area contributed by atoms with Crippen molar-refractivity contribution in [1.29, 1.82) is 0 Å². The predicted octanol–water partition coefficient (Wildman–Crippen LogP) is 4.73. The summed E-state index contributed by atoms with van der Waals surface area (Å²) in [5.74, 6) is -0.330. The second-order valence-electron chi connectivity index (χ2n) is 6.56. The Balaban J connectivity index is 1.73. The molecule has 3 aromatic rings. The minimum absolute atomic E-state index is 0.148. The lowest BCUT2D eigenvalue weighted by molar-refractivity contribution is 0.0788. The number of carbonyl (C=O) groups excluding carboxylic acids is 2. The van der Waals surface area contributed by atoms with E-state index in [2.05, 4.69) is 5.32 Å². The van der Waals surface area contributed by atoms with Crippen LogP contribution in [0.25, 0.3) is 0 Å². The molecule has 0 spiro atoms. The third kappa shape index (κ3) is 4.81. The Morgan fingerprint density at radius 2 is 1.90 bits per heavy atom. The molecule has 0 aliphatic rings. The number of methoxy groups -OCH3 is 1. The molecule has 0 atom stereocenters. The highest BCUT2D eigenvalue weighted by Gasteiger charge is 2.20. The number of para-hydroxylation sites is 1. The molecule has 150 valence electrons. The summed E-state index contributed by atoms with van der Waals surface area (Å²) < 4.78 is 18.7. The number of benzene rings is 2. The number of carbonyl (C=O) groups is 2. The number of anilines is 1. The molecule has 7 heteroatoms. The van der Waals surface area contributed by atoms with Crippen LogP contribution in [-0.4, -0.2) is 30.9 Å². The summed E-state index contributed by atoms with van der Waals surface area (Å²) in [5, 5.41) is 3.26. The van der Waals surface area contributed by atoms with Gasteiger partial charge in [0.05, 0.1) is 17.0 Å². The van der Waals surface area contributed by atoms with Gasteiger partial charge < -0.3 is 15.0 Å². The molecule has 1 aromatic heterocycles. The van der Waals surface area contributed by atoms with E-state index in [0.29, 0.717) is 16.4 Å². The van der Waals surface area contributed by atoms with Gasteiger partial charge in [0.15, 0.2) is 0 Å². The van der Waals surface area contributed by atoms with Crippen LogP contribution in [0.5, 0.6) is 5.75 Å². The third-order valence-corrected chi connectivity index (χ3v) is 5.52. The number of amides is 2. The fourth-order valence-electron chi connectivity index (χ4n) is 2.90. The second kappa shape index (κ2) is 8.87. The summed E-state index contributed by atoms with van der Waals surface area (Å²) in [4.78, 5) is 27.4. The van der Waals surface area contributed by atoms with Crippen LogP contribution in [0.3, 0.4) is 0 Å². The molecule has 0 aliphatic carbocycles. The maximum Gasteiger partial charge on any atom is 0.264 e. The molecule has 0 saturated carbocycles. The average molecular weight is 412 g/mol. The van der Waals surface area contributed by atoms with E-state index in [1.54, 1.807) is 25.1 Å². The zero-order chi connectivity index (χ0) is 21.0. The van der Waals surface area contributed by atoms with Crippen molar-refractivity contribution in [2.45, 2.75) is 13.5 Å². The highest BCUT2D eigenvalue weighted by Crippen LogP contribution is 2.29. The van der Waals surface area contributed by atoms with Gasteiger partial charge in [-0.05, 0) is 42.8 Å². The van der Waals surface area contributed by atoms with Crippen molar-refractivity contribution < 1.29 is 18.7 Å². The molecule has 3 rings (SSSR count). The smallest absolute Gasteiger partial charge is 0.264 e. The molecule has 0 aliphatic heterocycles. The summed E-state index contributed by atoms with van der Waals surface area (Å²) in [6, 6.07) is 14.7. The van der Waals surface area contributed by atoms with Gasteiger partial charge in [-0.2, -0.15) is 0 Å². The number of thiophene rings is 1. The van der Waals surface area contributed by atoms with E-state index in [1.807, 2.05) is 31.2 Å². The molecular formula is C22H21FN2O3S. The first kappa shape index (κ1) is 20.5. The minimum Gasteiger partial charge on any atom is -0.496 e. The first-order chi connectivity index (χ1) is 13.9. The number of nitrogens with one attached hydrogen (secondary N) is 1. The van der Waals surface area contributed by atoms with Gasteiger partial charge in [-0.3, -0.25) is 9.59 Å². The lowest BCUT2D eigenvalue weighted by Gasteiger charge is -2.18. The van der Waals surface area contributed by atoms with Crippen molar-refractivity contribution >= 4 is 28.2 Å². The molecule has 1 N–H and O–H groups in total. The van der Waals surface area contributed by atoms with Crippen LogP contribution in [0.2, 0.25) is 0 Å². The van der Waals surface area contributed by atoms with Gasteiger partial charge >= 0.3 is 0 Å². The number of rotatable bonds is 6. The van der Waals surface area contributed by atoms with Gasteiger partial charge in [-0.25, -0.2) is 4.39 Å². The number of hydrogen-bond donors (Lipinski definition) is 1.